The van der Waals surface area contributed by atoms with Crippen LogP contribution in [-0.2, 0) is 0 Å². The van der Waals surface area contributed by atoms with E-state index >= 15 is 0 Å². The molecule has 1 saturated heterocycles. The Kier molecular flexibility index (Phi) is 2.37. The molecule has 15 heavy (non-hydrogen) atoms. The minimum atomic E-state index is 0.748. The second kappa shape index (κ2) is 3.85. The Morgan fingerprint density at radius 1 is 1.27 bits per heavy atom. The Morgan fingerprint density at radius 3 is 2.73 bits per heavy atom. The summed E-state index contributed by atoms with van der Waals surface area (Å²) in [6.07, 6.45) is 6.05. The van der Waals surface area contributed by atoms with E-state index in [0.29, 0.717) is 0 Å². The zero-order valence-corrected chi connectivity index (χ0v) is 9.00. The molecule has 0 bridgehead atoms. The van der Waals surface area contributed by atoms with Gasteiger partial charge in [-0.15, -0.1) is 0 Å². The van der Waals surface area contributed by atoms with Gasteiger partial charge in [-0.05, 0) is 12.8 Å². The highest BCUT2D eigenvalue weighted by Crippen LogP contribution is 2.39. The SMILES string of the molecule is c1n[nH]c(C2CCC2)c1N1CCNCC1. The topological polar surface area (TPSA) is 44.0 Å². The lowest BCUT2D eigenvalue weighted by molar-refractivity contribution is 0.410. The summed E-state index contributed by atoms with van der Waals surface area (Å²) < 4.78 is 0. The summed E-state index contributed by atoms with van der Waals surface area (Å²) >= 11 is 0. The third kappa shape index (κ3) is 1.63. The molecule has 0 amide bonds. The molecular weight excluding hydrogens is 188 g/mol. The third-order valence-corrected chi connectivity index (χ3v) is 3.62. The minimum Gasteiger partial charge on any atom is -0.366 e. The molecule has 4 heteroatoms. The van der Waals surface area contributed by atoms with Crippen LogP contribution in [-0.4, -0.2) is 36.4 Å². The summed E-state index contributed by atoms with van der Waals surface area (Å²) in [7, 11) is 0. The molecule has 82 valence electrons. The number of nitrogens with one attached hydrogen (secondary N) is 2. The molecule has 0 radical (unpaired) electrons. The molecule has 4 nitrogen and oxygen atoms in total. The molecule has 1 aliphatic carbocycles. The Hall–Kier alpha value is -1.03. The van der Waals surface area contributed by atoms with Gasteiger partial charge in [0.2, 0.25) is 0 Å². The molecule has 1 aromatic rings. The van der Waals surface area contributed by atoms with Crippen molar-refractivity contribution in [2.45, 2.75) is 25.2 Å². The van der Waals surface area contributed by atoms with Gasteiger partial charge in [0.15, 0.2) is 0 Å². The van der Waals surface area contributed by atoms with Crippen molar-refractivity contribution >= 4 is 5.69 Å². The molecule has 1 saturated carbocycles. The van der Waals surface area contributed by atoms with Crippen LogP contribution in [0.25, 0.3) is 0 Å². The van der Waals surface area contributed by atoms with Crippen molar-refractivity contribution in [1.29, 1.82) is 0 Å². The Labute approximate surface area is 90.0 Å². The first kappa shape index (κ1) is 9.21. The van der Waals surface area contributed by atoms with Crippen molar-refractivity contribution in [3.8, 4) is 0 Å². The molecule has 2 fully saturated rings. The van der Waals surface area contributed by atoms with E-state index in [9.17, 15) is 0 Å². The van der Waals surface area contributed by atoms with E-state index in [1.165, 1.54) is 30.6 Å². The molecule has 0 aromatic carbocycles. The fourth-order valence-electron chi connectivity index (χ4n) is 2.44. The second-order valence-corrected chi connectivity index (χ2v) is 4.53. The quantitative estimate of drug-likeness (QED) is 0.761. The van der Waals surface area contributed by atoms with E-state index in [1.54, 1.807) is 0 Å². The van der Waals surface area contributed by atoms with Crippen LogP contribution in [0.3, 0.4) is 0 Å². The van der Waals surface area contributed by atoms with Gasteiger partial charge in [0.1, 0.15) is 0 Å². The monoisotopic (exact) mass is 206 g/mol. The van der Waals surface area contributed by atoms with Gasteiger partial charge in [-0.2, -0.15) is 5.10 Å². The Bertz CT molecular complexity index is 323. The standard InChI is InChI=1S/C11H18N4/c1-2-9(3-1)11-10(8-13-14-11)15-6-4-12-5-7-15/h8-9,12H,1-7H2,(H,13,14). The second-order valence-electron chi connectivity index (χ2n) is 4.53. The van der Waals surface area contributed by atoms with Crippen molar-refractivity contribution in [1.82, 2.24) is 15.5 Å². The van der Waals surface area contributed by atoms with Crippen LogP contribution < -0.4 is 10.2 Å². The van der Waals surface area contributed by atoms with Crippen molar-refractivity contribution in [2.75, 3.05) is 31.1 Å². The number of piperazine rings is 1. The van der Waals surface area contributed by atoms with Crippen LogP contribution in [0.2, 0.25) is 0 Å². The molecule has 3 rings (SSSR count). The molecule has 1 aliphatic heterocycles. The number of aromatic amines is 1. The van der Waals surface area contributed by atoms with Crippen LogP contribution in [0.15, 0.2) is 6.20 Å². The van der Waals surface area contributed by atoms with Gasteiger partial charge >= 0.3 is 0 Å². The number of aromatic nitrogens is 2. The first-order chi connectivity index (χ1) is 7.45. The summed E-state index contributed by atoms with van der Waals surface area (Å²) in [6.45, 7) is 4.41. The van der Waals surface area contributed by atoms with Gasteiger partial charge in [0.25, 0.3) is 0 Å². The number of H-pyrrole nitrogens is 1. The summed E-state index contributed by atoms with van der Waals surface area (Å²) in [5, 5.41) is 10.8. The average Bonchev–Trinajstić information content (AvgIpc) is 2.65. The molecule has 0 unspecified atom stereocenters. The molecule has 0 atom stereocenters. The van der Waals surface area contributed by atoms with Gasteiger partial charge in [-0.3, -0.25) is 5.10 Å². The largest absolute Gasteiger partial charge is 0.366 e. The van der Waals surface area contributed by atoms with Crippen LogP contribution >= 0.6 is 0 Å². The lowest BCUT2D eigenvalue weighted by Gasteiger charge is -2.32. The third-order valence-electron chi connectivity index (χ3n) is 3.62. The maximum Gasteiger partial charge on any atom is 0.0786 e. The molecule has 0 spiro atoms. The summed E-state index contributed by atoms with van der Waals surface area (Å²) in [6, 6.07) is 0. The van der Waals surface area contributed by atoms with Crippen molar-refractivity contribution in [3.63, 3.8) is 0 Å². The van der Waals surface area contributed by atoms with E-state index < -0.39 is 0 Å². The maximum atomic E-state index is 4.21. The number of hydrogen-bond donors (Lipinski definition) is 2. The van der Waals surface area contributed by atoms with Crippen molar-refractivity contribution < 1.29 is 0 Å². The van der Waals surface area contributed by atoms with Crippen molar-refractivity contribution in [3.05, 3.63) is 11.9 Å². The number of hydrogen-bond acceptors (Lipinski definition) is 3. The lowest BCUT2D eigenvalue weighted by Crippen LogP contribution is -2.43. The zero-order valence-electron chi connectivity index (χ0n) is 9.00. The summed E-state index contributed by atoms with van der Waals surface area (Å²) in [5.74, 6) is 0.748. The fourth-order valence-corrected chi connectivity index (χ4v) is 2.44. The number of nitrogens with zero attached hydrogens (tertiary/aromatic N) is 2. The van der Waals surface area contributed by atoms with Gasteiger partial charge in [-0.1, -0.05) is 6.42 Å². The smallest absolute Gasteiger partial charge is 0.0786 e. The first-order valence-corrected chi connectivity index (χ1v) is 5.94. The van der Waals surface area contributed by atoms with E-state index in [1.807, 2.05) is 6.20 Å². The first-order valence-electron chi connectivity index (χ1n) is 5.94. The summed E-state index contributed by atoms with van der Waals surface area (Å²) in [5.41, 5.74) is 2.73. The highest BCUT2D eigenvalue weighted by atomic mass is 15.2. The van der Waals surface area contributed by atoms with Gasteiger partial charge in [0, 0.05) is 32.1 Å². The maximum absolute atomic E-state index is 4.21. The number of rotatable bonds is 2. The molecule has 2 N–H and O–H groups in total. The fraction of sp³-hybridized carbons (Fsp3) is 0.727. The van der Waals surface area contributed by atoms with E-state index in [0.717, 1.165) is 32.1 Å². The Morgan fingerprint density at radius 2 is 2.07 bits per heavy atom. The van der Waals surface area contributed by atoms with Crippen LogP contribution in [0, 0.1) is 0 Å². The highest BCUT2D eigenvalue weighted by Gasteiger charge is 2.26. The van der Waals surface area contributed by atoms with Crippen LogP contribution in [0.1, 0.15) is 30.9 Å². The predicted molar refractivity (Wildman–Crippen MR) is 60.3 cm³/mol. The molecule has 2 heterocycles. The summed E-state index contributed by atoms with van der Waals surface area (Å²) in [4.78, 5) is 2.45. The molecule has 1 aromatic heterocycles. The van der Waals surface area contributed by atoms with Gasteiger partial charge in [0.05, 0.1) is 17.6 Å². The minimum absolute atomic E-state index is 0.748. The Balaban J connectivity index is 1.80. The predicted octanol–water partition coefficient (Wildman–Crippen LogP) is 1.09. The lowest BCUT2D eigenvalue weighted by atomic mass is 9.82. The van der Waals surface area contributed by atoms with Gasteiger partial charge in [-0.25, -0.2) is 0 Å². The van der Waals surface area contributed by atoms with Crippen molar-refractivity contribution in [2.24, 2.45) is 0 Å². The van der Waals surface area contributed by atoms with E-state index in [2.05, 4.69) is 20.4 Å². The molecule has 2 aliphatic rings. The van der Waals surface area contributed by atoms with E-state index in [-0.39, 0.29) is 0 Å². The van der Waals surface area contributed by atoms with Crippen LogP contribution in [0.4, 0.5) is 5.69 Å². The van der Waals surface area contributed by atoms with Gasteiger partial charge < -0.3 is 10.2 Å². The van der Waals surface area contributed by atoms with Crippen LogP contribution in [0.5, 0.6) is 0 Å². The molecular formula is C11H18N4. The average molecular weight is 206 g/mol. The normalized spacial score (nSPS) is 22.8. The number of anilines is 1. The zero-order chi connectivity index (χ0) is 10.1. The van der Waals surface area contributed by atoms with E-state index in [4.69, 9.17) is 0 Å². The highest BCUT2D eigenvalue weighted by molar-refractivity contribution is 5.51.